The summed E-state index contributed by atoms with van der Waals surface area (Å²) in [5.74, 6) is -0.0559. The Balaban J connectivity index is 2.27. The molecule has 0 spiro atoms. The number of methoxy groups -OCH3 is 1. The van der Waals surface area contributed by atoms with Gasteiger partial charge in [0.2, 0.25) is 10.0 Å². The van der Waals surface area contributed by atoms with Crippen LogP contribution in [0.25, 0.3) is 0 Å². The van der Waals surface area contributed by atoms with E-state index in [1.54, 1.807) is 7.05 Å². The number of carbonyl (C=O) groups excluding carboxylic acids is 1. The number of nitrogens with zero attached hydrogens (tertiary/aromatic N) is 1. The molecule has 0 saturated heterocycles. The molecule has 2 N–H and O–H groups in total. The van der Waals surface area contributed by atoms with Crippen LogP contribution >= 0.6 is 0 Å². The number of nitrogens with two attached hydrogens (primary N) is 1. The van der Waals surface area contributed by atoms with Gasteiger partial charge in [0.1, 0.15) is 5.75 Å². The molecular formula is C20H26N2O4S. The third-order valence-corrected chi connectivity index (χ3v) is 5.23. The van der Waals surface area contributed by atoms with Gasteiger partial charge in [-0.05, 0) is 34.7 Å². The normalized spacial score (nSPS) is 11.9. The first-order valence-electron chi connectivity index (χ1n) is 8.49. The Morgan fingerprint density at radius 1 is 1.11 bits per heavy atom. The van der Waals surface area contributed by atoms with E-state index >= 15 is 0 Å². The summed E-state index contributed by atoms with van der Waals surface area (Å²) < 4.78 is 28.4. The van der Waals surface area contributed by atoms with Gasteiger partial charge in [-0.1, -0.05) is 45.0 Å². The number of ether oxygens (including phenoxy) is 1. The van der Waals surface area contributed by atoms with Crippen LogP contribution in [0.1, 0.15) is 42.3 Å². The van der Waals surface area contributed by atoms with E-state index in [4.69, 9.17) is 9.88 Å². The standard InChI is InChI=1S/C20H26N2O4S/c1-20(2,3)15-8-6-14(7-9-15)13-22(4)19(23)17-12-16(27(21,24)25)10-11-18(17)26-5/h6-12H,13H2,1-5H3,(H2,21,24,25). The van der Waals surface area contributed by atoms with Crippen molar-refractivity contribution in [1.82, 2.24) is 4.90 Å². The van der Waals surface area contributed by atoms with Crippen molar-refractivity contribution in [3.63, 3.8) is 0 Å². The summed E-state index contributed by atoms with van der Waals surface area (Å²) in [6.45, 7) is 6.80. The van der Waals surface area contributed by atoms with E-state index < -0.39 is 10.0 Å². The molecule has 0 radical (unpaired) electrons. The average molecular weight is 391 g/mol. The van der Waals surface area contributed by atoms with Crippen LogP contribution in [0.15, 0.2) is 47.4 Å². The monoisotopic (exact) mass is 390 g/mol. The van der Waals surface area contributed by atoms with Gasteiger partial charge in [-0.3, -0.25) is 4.79 Å². The summed E-state index contributed by atoms with van der Waals surface area (Å²) in [5.41, 5.74) is 2.39. The largest absolute Gasteiger partial charge is 0.496 e. The highest BCUT2D eigenvalue weighted by molar-refractivity contribution is 7.89. The maximum Gasteiger partial charge on any atom is 0.257 e. The summed E-state index contributed by atoms with van der Waals surface area (Å²) in [4.78, 5) is 14.2. The zero-order chi connectivity index (χ0) is 20.4. The highest BCUT2D eigenvalue weighted by Crippen LogP contribution is 2.25. The van der Waals surface area contributed by atoms with Gasteiger partial charge in [-0.25, -0.2) is 13.6 Å². The summed E-state index contributed by atoms with van der Waals surface area (Å²) in [5, 5.41) is 5.17. The van der Waals surface area contributed by atoms with E-state index in [-0.39, 0.29) is 21.8 Å². The van der Waals surface area contributed by atoms with Crippen molar-refractivity contribution < 1.29 is 17.9 Å². The lowest BCUT2D eigenvalue weighted by atomic mass is 9.87. The quantitative estimate of drug-likeness (QED) is 0.850. The first kappa shape index (κ1) is 20.9. The lowest BCUT2D eigenvalue weighted by Crippen LogP contribution is -2.27. The van der Waals surface area contributed by atoms with Gasteiger partial charge in [-0.2, -0.15) is 0 Å². The number of sulfonamides is 1. The fourth-order valence-corrected chi connectivity index (χ4v) is 3.23. The van der Waals surface area contributed by atoms with E-state index in [0.717, 1.165) is 5.56 Å². The van der Waals surface area contributed by atoms with Crippen molar-refractivity contribution >= 4 is 15.9 Å². The Labute approximate surface area is 161 Å². The summed E-state index contributed by atoms with van der Waals surface area (Å²) in [7, 11) is -0.833. The van der Waals surface area contributed by atoms with Crippen molar-refractivity contribution in [3.05, 3.63) is 59.2 Å². The molecule has 27 heavy (non-hydrogen) atoms. The van der Waals surface area contributed by atoms with Crippen LogP contribution in [0.2, 0.25) is 0 Å². The molecule has 0 atom stereocenters. The molecule has 2 aromatic carbocycles. The second-order valence-electron chi connectivity index (χ2n) is 7.52. The maximum absolute atomic E-state index is 12.8. The molecular weight excluding hydrogens is 364 g/mol. The Kier molecular flexibility index (Phi) is 5.97. The number of hydrogen-bond acceptors (Lipinski definition) is 4. The number of primary sulfonamides is 1. The molecule has 0 saturated carbocycles. The minimum atomic E-state index is -3.91. The predicted octanol–water partition coefficient (Wildman–Crippen LogP) is 2.91. The van der Waals surface area contributed by atoms with E-state index in [9.17, 15) is 13.2 Å². The third-order valence-electron chi connectivity index (χ3n) is 4.32. The number of carbonyl (C=O) groups is 1. The molecule has 0 aliphatic carbocycles. The Hall–Kier alpha value is -2.38. The lowest BCUT2D eigenvalue weighted by Gasteiger charge is -2.21. The maximum atomic E-state index is 12.8. The van der Waals surface area contributed by atoms with Gasteiger partial charge < -0.3 is 9.64 Å². The van der Waals surface area contributed by atoms with Crippen molar-refractivity contribution in [1.29, 1.82) is 0 Å². The summed E-state index contributed by atoms with van der Waals surface area (Å²) in [6.07, 6.45) is 0. The first-order chi connectivity index (χ1) is 12.4. The van der Waals surface area contributed by atoms with Gasteiger partial charge >= 0.3 is 0 Å². The summed E-state index contributed by atoms with van der Waals surface area (Å²) >= 11 is 0. The van der Waals surface area contributed by atoms with Crippen molar-refractivity contribution in [2.45, 2.75) is 37.6 Å². The number of hydrogen-bond donors (Lipinski definition) is 1. The van der Waals surface area contributed by atoms with Crippen LogP contribution in [-0.4, -0.2) is 33.4 Å². The zero-order valence-electron chi connectivity index (χ0n) is 16.3. The number of rotatable bonds is 5. The highest BCUT2D eigenvalue weighted by atomic mass is 32.2. The second-order valence-corrected chi connectivity index (χ2v) is 9.08. The molecule has 7 heteroatoms. The molecule has 0 aliphatic heterocycles. The van der Waals surface area contributed by atoms with Gasteiger partial charge in [-0.15, -0.1) is 0 Å². The van der Waals surface area contributed by atoms with Crippen LogP contribution in [0.3, 0.4) is 0 Å². The smallest absolute Gasteiger partial charge is 0.257 e. The van der Waals surface area contributed by atoms with Crippen molar-refractivity contribution in [2.75, 3.05) is 14.2 Å². The van der Waals surface area contributed by atoms with Crippen LogP contribution in [0.4, 0.5) is 0 Å². The fraction of sp³-hybridized carbons (Fsp3) is 0.350. The number of benzene rings is 2. The molecule has 146 valence electrons. The molecule has 0 aromatic heterocycles. The lowest BCUT2D eigenvalue weighted by molar-refractivity contribution is 0.0781. The minimum Gasteiger partial charge on any atom is -0.496 e. The highest BCUT2D eigenvalue weighted by Gasteiger charge is 2.20. The van der Waals surface area contributed by atoms with Gasteiger partial charge in [0.15, 0.2) is 0 Å². The van der Waals surface area contributed by atoms with Gasteiger partial charge in [0, 0.05) is 13.6 Å². The minimum absolute atomic E-state index is 0.0573. The van der Waals surface area contributed by atoms with Crippen LogP contribution in [0, 0.1) is 0 Å². The zero-order valence-corrected chi connectivity index (χ0v) is 17.1. The molecule has 0 aliphatic rings. The predicted molar refractivity (Wildman–Crippen MR) is 105 cm³/mol. The third kappa shape index (κ3) is 5.08. The molecule has 2 aromatic rings. The van der Waals surface area contributed by atoms with E-state index in [1.807, 2.05) is 12.1 Å². The van der Waals surface area contributed by atoms with E-state index in [0.29, 0.717) is 12.3 Å². The molecule has 0 fully saturated rings. The van der Waals surface area contributed by atoms with Crippen LogP contribution in [0.5, 0.6) is 5.75 Å². The Morgan fingerprint density at radius 2 is 1.70 bits per heavy atom. The SMILES string of the molecule is COc1ccc(S(N)(=O)=O)cc1C(=O)N(C)Cc1ccc(C(C)(C)C)cc1. The second kappa shape index (κ2) is 7.70. The van der Waals surface area contributed by atoms with Gasteiger partial charge in [0.05, 0.1) is 17.6 Å². The average Bonchev–Trinajstić information content (AvgIpc) is 2.59. The van der Waals surface area contributed by atoms with Crippen molar-refractivity contribution in [3.8, 4) is 5.75 Å². The molecule has 0 bridgehead atoms. The summed E-state index contributed by atoms with van der Waals surface area (Å²) in [6, 6.07) is 12.1. The first-order valence-corrected chi connectivity index (χ1v) is 10.0. The van der Waals surface area contributed by atoms with Gasteiger partial charge in [0.25, 0.3) is 5.91 Å². The topological polar surface area (TPSA) is 89.7 Å². The molecule has 6 nitrogen and oxygen atoms in total. The van der Waals surface area contributed by atoms with Crippen LogP contribution < -0.4 is 9.88 Å². The molecule has 0 heterocycles. The molecule has 0 unspecified atom stereocenters. The fourth-order valence-electron chi connectivity index (χ4n) is 2.69. The number of amides is 1. The molecule has 1 amide bonds. The van der Waals surface area contributed by atoms with E-state index in [1.165, 1.54) is 35.8 Å². The molecule has 2 rings (SSSR count). The Bertz CT molecular complexity index is 929. The van der Waals surface area contributed by atoms with E-state index in [2.05, 4.69) is 32.9 Å². The van der Waals surface area contributed by atoms with Crippen molar-refractivity contribution in [2.24, 2.45) is 5.14 Å². The Morgan fingerprint density at radius 3 is 2.19 bits per heavy atom. The van der Waals surface area contributed by atoms with Crippen LogP contribution in [-0.2, 0) is 22.0 Å².